The Hall–Kier alpha value is -2.76. The third-order valence-corrected chi connectivity index (χ3v) is 6.43. The maximum atomic E-state index is 13.8. The summed E-state index contributed by atoms with van der Waals surface area (Å²) in [6, 6.07) is 12.5. The molecule has 4 aromatic rings. The Kier molecular flexibility index (Phi) is 6.79. The molecule has 0 aliphatic heterocycles. The van der Waals surface area contributed by atoms with Gasteiger partial charge in [-0.3, -0.25) is 4.57 Å². The average molecular weight is 513 g/mol. The standard InChI is InChI=1S/C21H19F3N3O5PS/c1-20(25,11-31-33(28)29)19-27-26-18(34-19)13-6-7-17(15(9-13)21(22,23)24)30-10-14-8-12-4-2-3-5-16(12)32-14/h2-9,33H,10-11,25H2,1H3,(H,28,29)/t20-/m0/s1. The first kappa shape index (κ1) is 24.4. The van der Waals surface area contributed by atoms with Crippen LogP contribution in [-0.4, -0.2) is 21.7 Å². The van der Waals surface area contributed by atoms with Crippen LogP contribution in [0.5, 0.6) is 5.75 Å². The van der Waals surface area contributed by atoms with Crippen molar-refractivity contribution in [2.45, 2.75) is 25.2 Å². The van der Waals surface area contributed by atoms with Crippen molar-refractivity contribution in [3.05, 3.63) is 64.9 Å². The monoisotopic (exact) mass is 513 g/mol. The Morgan fingerprint density at radius 2 is 1.94 bits per heavy atom. The molecule has 0 bridgehead atoms. The highest BCUT2D eigenvalue weighted by Gasteiger charge is 2.35. The van der Waals surface area contributed by atoms with E-state index in [2.05, 4.69) is 14.7 Å². The fraction of sp³-hybridized carbons (Fsp3) is 0.238. The van der Waals surface area contributed by atoms with Gasteiger partial charge in [-0.05, 0) is 37.3 Å². The molecule has 0 aliphatic carbocycles. The summed E-state index contributed by atoms with van der Waals surface area (Å²) in [7, 11) is -3.20. The molecule has 4 rings (SSSR count). The molecule has 0 saturated heterocycles. The van der Waals surface area contributed by atoms with E-state index < -0.39 is 25.5 Å². The molecule has 0 radical (unpaired) electrons. The van der Waals surface area contributed by atoms with E-state index in [0.717, 1.165) is 22.8 Å². The maximum absolute atomic E-state index is 13.8. The van der Waals surface area contributed by atoms with E-state index in [9.17, 15) is 17.7 Å². The Morgan fingerprint density at radius 3 is 2.65 bits per heavy atom. The van der Waals surface area contributed by atoms with Crippen LogP contribution < -0.4 is 10.5 Å². The quantitative estimate of drug-likeness (QED) is 0.312. The molecular formula is C21H19F3N3O5PS. The molecule has 0 fully saturated rings. The minimum atomic E-state index is -4.68. The lowest BCUT2D eigenvalue weighted by atomic mass is 10.1. The first-order valence-corrected chi connectivity index (χ1v) is 11.9. The Bertz CT molecular complexity index is 1310. The first-order chi connectivity index (χ1) is 16.0. The number of alkyl halides is 3. The zero-order valence-corrected chi connectivity index (χ0v) is 19.4. The summed E-state index contributed by atoms with van der Waals surface area (Å²) in [6.07, 6.45) is -4.68. The van der Waals surface area contributed by atoms with Gasteiger partial charge < -0.3 is 24.3 Å². The van der Waals surface area contributed by atoms with Crippen LogP contribution in [0, 0.1) is 0 Å². The van der Waals surface area contributed by atoms with Crippen molar-refractivity contribution in [2.75, 3.05) is 6.61 Å². The summed E-state index contributed by atoms with van der Waals surface area (Å²) in [5.41, 5.74) is 4.62. The number of rotatable bonds is 8. The van der Waals surface area contributed by atoms with Gasteiger partial charge in [0.2, 0.25) is 0 Å². The molecule has 0 aliphatic rings. The van der Waals surface area contributed by atoms with Gasteiger partial charge >= 0.3 is 14.4 Å². The molecule has 2 aromatic heterocycles. The van der Waals surface area contributed by atoms with Crippen molar-refractivity contribution in [2.24, 2.45) is 5.73 Å². The number of ether oxygens (including phenoxy) is 1. The number of hydrogen-bond donors (Lipinski definition) is 2. The molecule has 0 saturated carbocycles. The summed E-state index contributed by atoms with van der Waals surface area (Å²) in [6.45, 7) is 1.02. The fourth-order valence-electron chi connectivity index (χ4n) is 3.11. The van der Waals surface area contributed by atoms with Crippen molar-refractivity contribution in [1.82, 2.24) is 10.2 Å². The number of halogens is 3. The lowest BCUT2D eigenvalue weighted by Crippen LogP contribution is -2.37. The molecule has 0 amide bonds. The number of nitrogens with zero attached hydrogens (tertiary/aromatic N) is 2. The molecule has 1 unspecified atom stereocenters. The van der Waals surface area contributed by atoms with E-state index in [-0.39, 0.29) is 34.5 Å². The van der Waals surface area contributed by atoms with Crippen molar-refractivity contribution < 1.29 is 36.3 Å². The van der Waals surface area contributed by atoms with Crippen molar-refractivity contribution in [1.29, 1.82) is 0 Å². The zero-order chi connectivity index (χ0) is 24.5. The van der Waals surface area contributed by atoms with Crippen LogP contribution in [-0.2, 0) is 27.4 Å². The molecule has 180 valence electrons. The summed E-state index contributed by atoms with van der Waals surface area (Å²) >= 11 is 0.960. The maximum Gasteiger partial charge on any atom is 0.419 e. The smallest absolute Gasteiger partial charge is 0.419 e. The lowest BCUT2D eigenvalue weighted by Gasteiger charge is -2.19. The Balaban J connectivity index is 1.57. The van der Waals surface area contributed by atoms with Gasteiger partial charge in [-0.25, -0.2) is 0 Å². The Labute approximate surface area is 196 Å². The van der Waals surface area contributed by atoms with E-state index in [1.165, 1.54) is 19.1 Å². The van der Waals surface area contributed by atoms with Gasteiger partial charge in [-0.1, -0.05) is 29.5 Å². The van der Waals surface area contributed by atoms with Crippen molar-refractivity contribution in [3.63, 3.8) is 0 Å². The number of aromatic nitrogens is 2. The highest BCUT2D eigenvalue weighted by atomic mass is 32.1. The van der Waals surface area contributed by atoms with Crippen LogP contribution in [0.3, 0.4) is 0 Å². The van der Waals surface area contributed by atoms with E-state index in [0.29, 0.717) is 11.3 Å². The van der Waals surface area contributed by atoms with Gasteiger partial charge in [0.05, 0.1) is 17.7 Å². The molecular weight excluding hydrogens is 494 g/mol. The molecule has 13 heteroatoms. The topological polar surface area (TPSA) is 121 Å². The van der Waals surface area contributed by atoms with Crippen LogP contribution in [0.4, 0.5) is 13.2 Å². The molecule has 8 nitrogen and oxygen atoms in total. The van der Waals surface area contributed by atoms with E-state index in [1.54, 1.807) is 18.2 Å². The predicted octanol–water partition coefficient (Wildman–Crippen LogP) is 5.12. The zero-order valence-electron chi connectivity index (χ0n) is 17.6. The van der Waals surface area contributed by atoms with Gasteiger partial charge in [0.15, 0.2) is 0 Å². The van der Waals surface area contributed by atoms with Crippen LogP contribution in [0.2, 0.25) is 0 Å². The number of hydrogen-bond acceptors (Lipinski definition) is 8. The molecule has 3 N–H and O–H groups in total. The third kappa shape index (κ3) is 5.48. The molecule has 0 spiro atoms. The van der Waals surface area contributed by atoms with E-state index in [4.69, 9.17) is 19.8 Å². The molecule has 2 heterocycles. The number of benzene rings is 2. The van der Waals surface area contributed by atoms with Crippen LogP contribution >= 0.6 is 19.6 Å². The van der Waals surface area contributed by atoms with Gasteiger partial charge in [0, 0.05) is 10.9 Å². The van der Waals surface area contributed by atoms with Crippen LogP contribution in [0.15, 0.2) is 52.9 Å². The van der Waals surface area contributed by atoms with E-state index in [1.807, 2.05) is 12.1 Å². The summed E-state index contributed by atoms with van der Waals surface area (Å²) in [5.74, 6) is 0.0358. The number of fused-ring (bicyclic) bond motifs is 1. The van der Waals surface area contributed by atoms with E-state index >= 15 is 0 Å². The number of para-hydroxylation sites is 1. The fourth-order valence-corrected chi connectivity index (χ4v) is 4.42. The second-order valence-corrected chi connectivity index (χ2v) is 9.43. The van der Waals surface area contributed by atoms with Gasteiger partial charge in [-0.2, -0.15) is 13.2 Å². The summed E-state index contributed by atoms with van der Waals surface area (Å²) in [5, 5.41) is 9.10. The van der Waals surface area contributed by atoms with Crippen molar-refractivity contribution in [3.8, 4) is 16.3 Å². The number of nitrogens with two attached hydrogens (primary N) is 1. The first-order valence-electron chi connectivity index (χ1n) is 9.83. The normalized spacial score (nSPS) is 14.8. The summed E-state index contributed by atoms with van der Waals surface area (Å²) < 4.78 is 67.9. The molecule has 2 atom stereocenters. The number of furan rings is 1. The predicted molar refractivity (Wildman–Crippen MR) is 120 cm³/mol. The second kappa shape index (κ2) is 9.47. The highest BCUT2D eigenvalue weighted by Crippen LogP contribution is 2.40. The largest absolute Gasteiger partial charge is 0.485 e. The van der Waals surface area contributed by atoms with Crippen LogP contribution in [0.1, 0.15) is 23.3 Å². The third-order valence-electron chi connectivity index (χ3n) is 4.79. The lowest BCUT2D eigenvalue weighted by molar-refractivity contribution is -0.139. The molecule has 34 heavy (non-hydrogen) atoms. The van der Waals surface area contributed by atoms with Gasteiger partial charge in [-0.15, -0.1) is 10.2 Å². The van der Waals surface area contributed by atoms with Gasteiger partial charge in [0.1, 0.15) is 33.7 Å². The molecule has 2 aromatic carbocycles. The van der Waals surface area contributed by atoms with Crippen molar-refractivity contribution >= 4 is 30.6 Å². The summed E-state index contributed by atoms with van der Waals surface area (Å²) in [4.78, 5) is 8.84. The minimum absolute atomic E-state index is 0.166. The Morgan fingerprint density at radius 1 is 1.18 bits per heavy atom. The second-order valence-electron chi connectivity index (χ2n) is 7.63. The average Bonchev–Trinajstić information content (AvgIpc) is 3.43. The SMILES string of the molecule is C[C@](N)(CO[PH](=O)O)c1nnc(-c2ccc(OCc3cc4ccccc4o3)c(C(F)(F)F)c2)s1. The minimum Gasteiger partial charge on any atom is -0.485 e. The van der Waals surface area contributed by atoms with Gasteiger partial charge in [0.25, 0.3) is 0 Å². The highest BCUT2D eigenvalue weighted by molar-refractivity contribution is 7.32. The van der Waals surface area contributed by atoms with Crippen LogP contribution in [0.25, 0.3) is 21.5 Å².